The molecule has 0 spiro atoms. The van der Waals surface area contributed by atoms with Crippen molar-refractivity contribution in [3.63, 3.8) is 0 Å². The van der Waals surface area contributed by atoms with Gasteiger partial charge in [-0.2, -0.15) is 0 Å². The highest BCUT2D eigenvalue weighted by molar-refractivity contribution is 5.44. The van der Waals surface area contributed by atoms with Crippen molar-refractivity contribution in [2.75, 3.05) is 13.2 Å². The number of aliphatic hydroxyl groups is 1. The standard InChI is InChI=1S/C17H19NO3/c18-17(14(19)10-12-4-2-1-3-5-12)13-6-7-15-16(11-13)21-9-8-20-15/h1-7,11,14,17,19H,8-10,18H2/t14-,17+/m0/s1. The molecule has 4 nitrogen and oxygen atoms in total. The summed E-state index contributed by atoms with van der Waals surface area (Å²) in [6, 6.07) is 15.0. The van der Waals surface area contributed by atoms with Gasteiger partial charge in [0.15, 0.2) is 11.5 Å². The van der Waals surface area contributed by atoms with Crippen molar-refractivity contribution in [2.45, 2.75) is 18.6 Å². The van der Waals surface area contributed by atoms with Gasteiger partial charge in [-0.25, -0.2) is 0 Å². The average molecular weight is 285 g/mol. The molecule has 0 aromatic heterocycles. The van der Waals surface area contributed by atoms with Crippen LogP contribution in [0, 0.1) is 0 Å². The molecule has 1 aliphatic rings. The predicted octanol–water partition coefficient (Wildman–Crippen LogP) is 2.06. The molecule has 3 rings (SSSR count). The molecule has 1 heterocycles. The van der Waals surface area contributed by atoms with Crippen molar-refractivity contribution in [3.05, 3.63) is 59.7 Å². The molecular formula is C17H19NO3. The van der Waals surface area contributed by atoms with Crippen LogP contribution in [0.15, 0.2) is 48.5 Å². The lowest BCUT2D eigenvalue weighted by Gasteiger charge is -2.23. The summed E-state index contributed by atoms with van der Waals surface area (Å²) in [7, 11) is 0. The van der Waals surface area contributed by atoms with Crippen LogP contribution in [0.25, 0.3) is 0 Å². The number of ether oxygens (including phenoxy) is 2. The molecule has 0 bridgehead atoms. The largest absolute Gasteiger partial charge is 0.486 e. The van der Waals surface area contributed by atoms with Crippen LogP contribution in [-0.4, -0.2) is 24.4 Å². The van der Waals surface area contributed by atoms with Gasteiger partial charge in [0.2, 0.25) is 0 Å². The maximum Gasteiger partial charge on any atom is 0.161 e. The van der Waals surface area contributed by atoms with Gasteiger partial charge in [-0.3, -0.25) is 0 Å². The molecule has 0 saturated heterocycles. The van der Waals surface area contributed by atoms with Crippen LogP contribution >= 0.6 is 0 Å². The zero-order chi connectivity index (χ0) is 14.7. The molecule has 0 radical (unpaired) electrons. The molecule has 0 fully saturated rings. The second-order valence-electron chi connectivity index (χ2n) is 5.19. The van der Waals surface area contributed by atoms with Gasteiger partial charge in [0, 0.05) is 6.42 Å². The highest BCUT2D eigenvalue weighted by atomic mass is 16.6. The van der Waals surface area contributed by atoms with Gasteiger partial charge in [0.05, 0.1) is 12.1 Å². The lowest BCUT2D eigenvalue weighted by atomic mass is 9.96. The first kappa shape index (κ1) is 13.9. The molecule has 0 aliphatic carbocycles. The molecule has 2 aromatic carbocycles. The topological polar surface area (TPSA) is 64.7 Å². The van der Waals surface area contributed by atoms with E-state index in [9.17, 15) is 5.11 Å². The van der Waals surface area contributed by atoms with Gasteiger partial charge in [0.1, 0.15) is 13.2 Å². The minimum Gasteiger partial charge on any atom is -0.486 e. The molecule has 0 amide bonds. The Morgan fingerprint density at radius 2 is 1.71 bits per heavy atom. The quantitative estimate of drug-likeness (QED) is 0.902. The van der Waals surface area contributed by atoms with E-state index in [1.807, 2.05) is 48.5 Å². The van der Waals surface area contributed by atoms with E-state index in [0.717, 1.165) is 16.9 Å². The molecule has 0 saturated carbocycles. The molecule has 21 heavy (non-hydrogen) atoms. The summed E-state index contributed by atoms with van der Waals surface area (Å²) < 4.78 is 11.0. The van der Waals surface area contributed by atoms with Crippen LogP contribution in [0.5, 0.6) is 11.5 Å². The van der Waals surface area contributed by atoms with Gasteiger partial charge in [-0.15, -0.1) is 0 Å². The van der Waals surface area contributed by atoms with Crippen molar-refractivity contribution in [2.24, 2.45) is 5.73 Å². The molecule has 4 heteroatoms. The first-order valence-corrected chi connectivity index (χ1v) is 7.11. The zero-order valence-electron chi connectivity index (χ0n) is 11.7. The number of hydrogen-bond donors (Lipinski definition) is 2. The van der Waals surface area contributed by atoms with E-state index in [0.29, 0.717) is 25.4 Å². The van der Waals surface area contributed by atoms with E-state index < -0.39 is 12.1 Å². The number of rotatable bonds is 4. The van der Waals surface area contributed by atoms with E-state index >= 15 is 0 Å². The van der Waals surface area contributed by atoms with Gasteiger partial charge in [-0.1, -0.05) is 36.4 Å². The SMILES string of the molecule is N[C@H](c1ccc2c(c1)OCCO2)[C@@H](O)Cc1ccccc1. The number of benzene rings is 2. The van der Waals surface area contributed by atoms with Crippen LogP contribution in [0.1, 0.15) is 17.2 Å². The van der Waals surface area contributed by atoms with Crippen LogP contribution < -0.4 is 15.2 Å². The number of hydrogen-bond acceptors (Lipinski definition) is 4. The van der Waals surface area contributed by atoms with E-state index in [1.54, 1.807) is 0 Å². The van der Waals surface area contributed by atoms with E-state index in [-0.39, 0.29) is 0 Å². The first-order valence-electron chi connectivity index (χ1n) is 7.11. The van der Waals surface area contributed by atoms with Crippen molar-refractivity contribution in [1.82, 2.24) is 0 Å². The Labute approximate surface area is 124 Å². The molecule has 3 N–H and O–H groups in total. The summed E-state index contributed by atoms with van der Waals surface area (Å²) in [5, 5.41) is 10.3. The second-order valence-corrected chi connectivity index (χ2v) is 5.19. The van der Waals surface area contributed by atoms with Crippen molar-refractivity contribution in [1.29, 1.82) is 0 Å². The van der Waals surface area contributed by atoms with Crippen LogP contribution in [-0.2, 0) is 6.42 Å². The predicted molar refractivity (Wildman–Crippen MR) is 80.5 cm³/mol. The molecule has 110 valence electrons. The Morgan fingerprint density at radius 1 is 1.00 bits per heavy atom. The van der Waals surface area contributed by atoms with Gasteiger partial charge >= 0.3 is 0 Å². The third kappa shape index (κ3) is 3.17. The molecule has 0 unspecified atom stereocenters. The number of fused-ring (bicyclic) bond motifs is 1. The maximum atomic E-state index is 10.3. The summed E-state index contributed by atoms with van der Waals surface area (Å²) in [6.07, 6.45) is -0.119. The van der Waals surface area contributed by atoms with Gasteiger partial charge in [0.25, 0.3) is 0 Å². The summed E-state index contributed by atoms with van der Waals surface area (Å²) in [5.74, 6) is 1.43. The Balaban J connectivity index is 1.73. The Bertz CT molecular complexity index is 600. The lowest BCUT2D eigenvalue weighted by Crippen LogP contribution is -2.28. The normalized spacial score (nSPS) is 16.3. The second kappa shape index (κ2) is 6.16. The molecule has 2 aromatic rings. The fourth-order valence-corrected chi connectivity index (χ4v) is 2.47. The third-order valence-electron chi connectivity index (χ3n) is 3.65. The Hall–Kier alpha value is -2.04. The highest BCUT2D eigenvalue weighted by Crippen LogP contribution is 2.33. The van der Waals surface area contributed by atoms with Crippen molar-refractivity contribution in [3.8, 4) is 11.5 Å². The van der Waals surface area contributed by atoms with Crippen LogP contribution in [0.3, 0.4) is 0 Å². The molecule has 2 atom stereocenters. The first-order chi connectivity index (χ1) is 10.2. The molecule has 1 aliphatic heterocycles. The van der Waals surface area contributed by atoms with E-state index in [4.69, 9.17) is 15.2 Å². The van der Waals surface area contributed by atoms with E-state index in [2.05, 4.69) is 0 Å². The van der Waals surface area contributed by atoms with Gasteiger partial charge < -0.3 is 20.3 Å². The summed E-state index contributed by atoms with van der Waals surface area (Å²) in [4.78, 5) is 0. The summed E-state index contributed by atoms with van der Waals surface area (Å²) in [6.45, 7) is 1.10. The average Bonchev–Trinajstić information content (AvgIpc) is 2.54. The fraction of sp³-hybridized carbons (Fsp3) is 0.294. The smallest absolute Gasteiger partial charge is 0.161 e. The van der Waals surface area contributed by atoms with E-state index in [1.165, 1.54) is 0 Å². The van der Waals surface area contributed by atoms with Crippen LogP contribution in [0.4, 0.5) is 0 Å². The number of nitrogens with two attached hydrogens (primary N) is 1. The zero-order valence-corrected chi connectivity index (χ0v) is 11.7. The third-order valence-corrected chi connectivity index (χ3v) is 3.65. The Morgan fingerprint density at radius 3 is 2.48 bits per heavy atom. The number of aliphatic hydroxyl groups excluding tert-OH is 1. The highest BCUT2D eigenvalue weighted by Gasteiger charge is 2.20. The minimum atomic E-state index is -0.644. The molecular weight excluding hydrogens is 266 g/mol. The van der Waals surface area contributed by atoms with Crippen molar-refractivity contribution < 1.29 is 14.6 Å². The summed E-state index contributed by atoms with van der Waals surface area (Å²) in [5.41, 5.74) is 8.09. The maximum absolute atomic E-state index is 10.3. The van der Waals surface area contributed by atoms with Crippen LogP contribution in [0.2, 0.25) is 0 Å². The van der Waals surface area contributed by atoms with Gasteiger partial charge in [-0.05, 0) is 23.3 Å². The van der Waals surface area contributed by atoms with Crippen molar-refractivity contribution >= 4 is 0 Å². The minimum absolute atomic E-state index is 0.457. The summed E-state index contributed by atoms with van der Waals surface area (Å²) >= 11 is 0. The fourth-order valence-electron chi connectivity index (χ4n) is 2.47. The lowest BCUT2D eigenvalue weighted by molar-refractivity contribution is 0.144. The monoisotopic (exact) mass is 285 g/mol. The Kier molecular flexibility index (Phi) is 4.08.